The minimum Gasteiger partial charge on any atom is -0.870 e. The fourth-order valence-electron chi connectivity index (χ4n) is 3.13. The van der Waals surface area contributed by atoms with Gasteiger partial charge in [0.1, 0.15) is 5.75 Å². The van der Waals surface area contributed by atoms with Gasteiger partial charge < -0.3 is 15.1 Å². The largest absolute Gasteiger partial charge is 0.870 e. The second kappa shape index (κ2) is 9.54. The van der Waals surface area contributed by atoms with E-state index in [1.165, 1.54) is 29.3 Å². The van der Waals surface area contributed by atoms with Gasteiger partial charge in [-0.15, -0.1) is 0 Å². The van der Waals surface area contributed by atoms with Crippen LogP contribution in [0.25, 0.3) is 0 Å². The molecule has 8 heteroatoms. The molecule has 0 bridgehead atoms. The highest BCUT2D eigenvalue weighted by atomic mass is 35.5. The van der Waals surface area contributed by atoms with Gasteiger partial charge in [0, 0.05) is 24.7 Å². The van der Waals surface area contributed by atoms with Crippen LogP contribution in [0.2, 0.25) is 5.02 Å². The Bertz CT molecular complexity index is 851. The molecule has 0 radical (unpaired) electrons. The van der Waals surface area contributed by atoms with Gasteiger partial charge in [0.15, 0.2) is 6.54 Å². The van der Waals surface area contributed by atoms with Crippen LogP contribution in [0.5, 0.6) is 11.5 Å². The lowest BCUT2D eigenvalue weighted by Gasteiger charge is -2.31. The van der Waals surface area contributed by atoms with E-state index in [1.807, 2.05) is 24.3 Å². The van der Waals surface area contributed by atoms with Crippen molar-refractivity contribution in [3.05, 3.63) is 58.6 Å². The Morgan fingerprint density at radius 3 is 2.75 bits per heavy atom. The number of hydrogen-bond donors (Lipinski definition) is 3. The Balaban J connectivity index is 1.40. The number of carbonyl (C=O) groups excluding carboxylic acids is 1. The topological polar surface area (TPSA) is 92.4 Å². The second-order valence-corrected chi connectivity index (χ2v) is 7.22. The van der Waals surface area contributed by atoms with Crippen LogP contribution in [0.1, 0.15) is 11.1 Å². The smallest absolute Gasteiger partial charge is 0.295 e. The Hall–Kier alpha value is -2.61. The van der Waals surface area contributed by atoms with Crippen molar-refractivity contribution in [3.63, 3.8) is 0 Å². The van der Waals surface area contributed by atoms with Crippen molar-refractivity contribution in [2.45, 2.75) is 6.54 Å². The molecule has 0 unspecified atom stereocenters. The van der Waals surface area contributed by atoms with E-state index in [0.29, 0.717) is 12.1 Å². The van der Waals surface area contributed by atoms with Gasteiger partial charge in [0.05, 0.1) is 19.3 Å². The van der Waals surface area contributed by atoms with Crippen LogP contribution in [-0.2, 0) is 11.3 Å². The molecular weight excluding hydrogens is 380 g/mol. The fraction of sp³-hybridized carbons (Fsp3) is 0.300. The molecule has 1 aliphatic heterocycles. The summed E-state index contributed by atoms with van der Waals surface area (Å²) in [4.78, 5) is 15.6. The van der Waals surface area contributed by atoms with Gasteiger partial charge in [-0.3, -0.25) is 9.69 Å². The fourth-order valence-corrected chi connectivity index (χ4v) is 3.33. The third kappa shape index (κ3) is 5.69. The molecule has 0 aromatic heterocycles. The molecule has 1 aliphatic rings. The number of rotatable bonds is 6. The minimum absolute atomic E-state index is 0.171. The van der Waals surface area contributed by atoms with Crippen molar-refractivity contribution in [2.75, 3.05) is 32.7 Å². The molecule has 0 atom stereocenters. The number of quaternary nitrogens is 1. The van der Waals surface area contributed by atoms with Crippen LogP contribution in [0, 0.1) is 0 Å². The van der Waals surface area contributed by atoms with Gasteiger partial charge in [-0.25, -0.2) is 5.43 Å². The summed E-state index contributed by atoms with van der Waals surface area (Å²) < 4.78 is 0. The van der Waals surface area contributed by atoms with Crippen LogP contribution >= 0.6 is 11.6 Å². The van der Waals surface area contributed by atoms with E-state index in [-0.39, 0.29) is 11.7 Å². The van der Waals surface area contributed by atoms with Crippen molar-refractivity contribution in [3.8, 4) is 11.5 Å². The number of carbonyl (C=O) groups is 1. The average Bonchev–Trinajstić information content (AvgIpc) is 2.68. The molecule has 2 aromatic carbocycles. The summed E-state index contributed by atoms with van der Waals surface area (Å²) in [6.07, 6.45) is 1.40. The molecule has 1 saturated heterocycles. The predicted octanol–water partition coefficient (Wildman–Crippen LogP) is -0.0300. The van der Waals surface area contributed by atoms with Gasteiger partial charge in [0.2, 0.25) is 0 Å². The zero-order valence-corrected chi connectivity index (χ0v) is 16.2. The normalized spacial score (nSPS) is 15.8. The minimum atomic E-state index is -0.446. The summed E-state index contributed by atoms with van der Waals surface area (Å²) in [7, 11) is 0. The summed E-state index contributed by atoms with van der Waals surface area (Å²) in [5.41, 5.74) is 4.15. The first-order valence-corrected chi connectivity index (χ1v) is 9.50. The first kappa shape index (κ1) is 20.1. The van der Waals surface area contributed by atoms with Crippen LogP contribution in [0.4, 0.5) is 0 Å². The molecule has 3 N–H and O–H groups in total. The monoisotopic (exact) mass is 402 g/mol. The Labute approximate surface area is 168 Å². The van der Waals surface area contributed by atoms with E-state index in [4.69, 9.17) is 11.6 Å². The van der Waals surface area contributed by atoms with Crippen LogP contribution < -0.4 is 15.4 Å². The number of hydrogen-bond acceptors (Lipinski definition) is 5. The van der Waals surface area contributed by atoms with E-state index < -0.39 is 5.75 Å². The first-order chi connectivity index (χ1) is 13.5. The number of piperazine rings is 1. The maximum atomic E-state index is 12.1. The quantitative estimate of drug-likeness (QED) is 0.467. The molecule has 0 aliphatic carbocycles. The van der Waals surface area contributed by atoms with Crippen molar-refractivity contribution in [1.82, 2.24) is 10.3 Å². The summed E-state index contributed by atoms with van der Waals surface area (Å²) in [5.74, 6) is -0.955. The number of aromatic hydroxyl groups is 1. The molecule has 7 nitrogen and oxygen atoms in total. The van der Waals surface area contributed by atoms with Crippen molar-refractivity contribution >= 4 is 23.7 Å². The molecule has 2 aromatic rings. The lowest BCUT2D eigenvalue weighted by atomic mass is 10.2. The molecule has 0 spiro atoms. The molecule has 1 fully saturated rings. The van der Waals surface area contributed by atoms with Gasteiger partial charge in [0.25, 0.3) is 5.91 Å². The van der Waals surface area contributed by atoms with Gasteiger partial charge in [-0.2, -0.15) is 5.10 Å². The summed E-state index contributed by atoms with van der Waals surface area (Å²) >= 11 is 6.22. The highest BCUT2D eigenvalue weighted by Gasteiger charge is 2.22. The zero-order valence-electron chi connectivity index (χ0n) is 15.4. The third-order valence-electron chi connectivity index (χ3n) is 4.71. The SMILES string of the molecule is O=C(C[NH+]1CCN(Cc2ccccc2Cl)CC1)NN=Cc1ccc([O-])c(O)c1. The van der Waals surface area contributed by atoms with Crippen molar-refractivity contribution in [2.24, 2.45) is 5.10 Å². The van der Waals surface area contributed by atoms with Crippen LogP contribution in [0.15, 0.2) is 47.6 Å². The van der Waals surface area contributed by atoms with E-state index in [2.05, 4.69) is 15.4 Å². The average molecular weight is 403 g/mol. The van der Waals surface area contributed by atoms with Gasteiger partial charge in [-0.1, -0.05) is 47.7 Å². The van der Waals surface area contributed by atoms with E-state index >= 15 is 0 Å². The first-order valence-electron chi connectivity index (χ1n) is 9.12. The number of nitrogens with zero attached hydrogens (tertiary/aromatic N) is 2. The lowest BCUT2D eigenvalue weighted by molar-refractivity contribution is -0.896. The standard InChI is InChI=1S/C20H23ClN4O3/c21-17-4-2-1-3-16(17)13-24-7-9-25(10-8-24)14-20(28)23-22-12-15-5-6-18(26)19(27)11-15/h1-6,11-12,26-27H,7-10,13-14H2,(H,23,28). The number of benzene rings is 2. The van der Waals surface area contributed by atoms with Gasteiger partial charge >= 0.3 is 0 Å². The number of hydrazone groups is 1. The third-order valence-corrected chi connectivity index (χ3v) is 5.08. The molecule has 28 heavy (non-hydrogen) atoms. The molecule has 148 valence electrons. The molecular formula is C20H23ClN4O3. The van der Waals surface area contributed by atoms with E-state index in [1.54, 1.807) is 0 Å². The summed E-state index contributed by atoms with van der Waals surface area (Å²) in [6, 6.07) is 11.9. The number of phenolic OH excluding ortho intramolecular Hbond substituents is 1. The van der Waals surface area contributed by atoms with Crippen molar-refractivity contribution in [1.29, 1.82) is 0 Å². The highest BCUT2D eigenvalue weighted by molar-refractivity contribution is 6.31. The van der Waals surface area contributed by atoms with Crippen LogP contribution in [0.3, 0.4) is 0 Å². The van der Waals surface area contributed by atoms with E-state index in [0.717, 1.165) is 43.3 Å². The maximum absolute atomic E-state index is 12.1. The zero-order chi connectivity index (χ0) is 19.9. The van der Waals surface area contributed by atoms with Gasteiger partial charge in [-0.05, 0) is 23.3 Å². The second-order valence-electron chi connectivity index (χ2n) is 6.81. The predicted molar refractivity (Wildman–Crippen MR) is 106 cm³/mol. The number of nitrogens with one attached hydrogen (secondary N) is 2. The van der Waals surface area contributed by atoms with Crippen molar-refractivity contribution < 1.29 is 19.9 Å². The van der Waals surface area contributed by atoms with Crippen LogP contribution in [-0.4, -0.2) is 54.9 Å². The molecule has 1 amide bonds. The van der Waals surface area contributed by atoms with E-state index in [9.17, 15) is 15.0 Å². The molecule has 1 heterocycles. The lowest BCUT2D eigenvalue weighted by Crippen LogP contribution is -3.15. The summed E-state index contributed by atoms with van der Waals surface area (Å²) in [6.45, 7) is 4.72. The molecule has 0 saturated carbocycles. The molecule has 3 rings (SSSR count). The maximum Gasteiger partial charge on any atom is 0.295 e. The number of amides is 1. The highest BCUT2D eigenvalue weighted by Crippen LogP contribution is 2.21. The number of phenols is 1. The summed E-state index contributed by atoms with van der Waals surface area (Å²) in [5, 5.41) is 25.2. The number of halogens is 1. The Kier molecular flexibility index (Phi) is 6.86. The Morgan fingerprint density at radius 2 is 2.04 bits per heavy atom. The Morgan fingerprint density at radius 1 is 1.29 bits per heavy atom.